The van der Waals surface area contributed by atoms with Crippen molar-refractivity contribution in [1.29, 1.82) is 0 Å². The Hall–Kier alpha value is -2.33. The molecule has 2 aromatic rings. The van der Waals surface area contributed by atoms with Crippen LogP contribution in [0.3, 0.4) is 0 Å². The van der Waals surface area contributed by atoms with Crippen LogP contribution in [0.2, 0.25) is 0 Å². The molecule has 1 amide bonds. The van der Waals surface area contributed by atoms with E-state index in [1.54, 1.807) is 0 Å². The first-order chi connectivity index (χ1) is 10.7. The molecule has 0 spiro atoms. The zero-order valence-corrected chi connectivity index (χ0v) is 13.2. The van der Waals surface area contributed by atoms with Crippen LogP contribution in [0.15, 0.2) is 60.7 Å². The summed E-state index contributed by atoms with van der Waals surface area (Å²) in [4.78, 5) is 12.4. The highest BCUT2D eigenvalue weighted by atomic mass is 16.2. The number of nitrogens with one attached hydrogen (secondary N) is 1. The first kappa shape index (κ1) is 16.0. The third-order valence-electron chi connectivity index (χ3n) is 3.48. The molecule has 0 heterocycles. The van der Waals surface area contributed by atoms with Gasteiger partial charge in [0.25, 0.3) is 0 Å². The summed E-state index contributed by atoms with van der Waals surface area (Å²) in [6.07, 6.45) is 0. The second kappa shape index (κ2) is 8.20. The van der Waals surface area contributed by atoms with Crippen LogP contribution >= 0.6 is 0 Å². The molecule has 2 rings (SSSR count). The quantitative estimate of drug-likeness (QED) is 0.796. The number of benzene rings is 2. The summed E-state index contributed by atoms with van der Waals surface area (Å²) in [7, 11) is 0. The predicted molar refractivity (Wildman–Crippen MR) is 91.8 cm³/mol. The number of amides is 1. The monoisotopic (exact) mass is 297 g/mol. The van der Waals surface area contributed by atoms with E-state index in [0.29, 0.717) is 6.54 Å². The average molecular weight is 297 g/mol. The SMILES string of the molecule is CCN(CC)N(CC(=O)Nc1ccccc1)c1ccccc1. The van der Waals surface area contributed by atoms with Crippen molar-refractivity contribution >= 4 is 17.3 Å². The van der Waals surface area contributed by atoms with Gasteiger partial charge in [-0.25, -0.2) is 5.01 Å². The van der Waals surface area contributed by atoms with E-state index in [-0.39, 0.29) is 5.91 Å². The maximum Gasteiger partial charge on any atom is 0.245 e. The molecular formula is C18H23N3O. The third kappa shape index (κ3) is 4.33. The fourth-order valence-corrected chi connectivity index (χ4v) is 2.38. The minimum atomic E-state index is -0.0260. The lowest BCUT2D eigenvalue weighted by Crippen LogP contribution is -2.46. The van der Waals surface area contributed by atoms with Crippen LogP contribution in [-0.4, -0.2) is 30.6 Å². The molecule has 2 aromatic carbocycles. The van der Waals surface area contributed by atoms with Crippen molar-refractivity contribution < 1.29 is 4.79 Å². The highest BCUT2D eigenvalue weighted by Gasteiger charge is 2.16. The van der Waals surface area contributed by atoms with Gasteiger partial charge in [-0.1, -0.05) is 50.2 Å². The van der Waals surface area contributed by atoms with Gasteiger partial charge in [0, 0.05) is 18.8 Å². The van der Waals surface area contributed by atoms with Gasteiger partial charge in [0.15, 0.2) is 0 Å². The number of para-hydroxylation sites is 2. The summed E-state index contributed by atoms with van der Waals surface area (Å²) in [6.45, 7) is 6.18. The van der Waals surface area contributed by atoms with E-state index in [1.165, 1.54) is 0 Å². The Morgan fingerprint density at radius 2 is 1.45 bits per heavy atom. The average Bonchev–Trinajstić information content (AvgIpc) is 2.56. The van der Waals surface area contributed by atoms with Crippen molar-refractivity contribution in [2.24, 2.45) is 0 Å². The van der Waals surface area contributed by atoms with Crippen molar-refractivity contribution in [3.63, 3.8) is 0 Å². The van der Waals surface area contributed by atoms with Gasteiger partial charge in [-0.15, -0.1) is 0 Å². The summed E-state index contributed by atoms with van der Waals surface area (Å²) in [5.74, 6) is -0.0260. The topological polar surface area (TPSA) is 35.6 Å². The van der Waals surface area contributed by atoms with E-state index in [9.17, 15) is 4.79 Å². The standard InChI is InChI=1S/C18H23N3O/c1-3-20(4-2)21(17-13-9-6-10-14-17)15-18(22)19-16-11-7-5-8-12-16/h5-14H,3-4,15H2,1-2H3,(H,19,22). The molecular weight excluding hydrogens is 274 g/mol. The number of hydrazine groups is 1. The van der Waals surface area contributed by atoms with Gasteiger partial charge < -0.3 is 5.32 Å². The van der Waals surface area contributed by atoms with Gasteiger partial charge in [-0.05, 0) is 24.3 Å². The first-order valence-corrected chi connectivity index (χ1v) is 7.67. The maximum atomic E-state index is 12.4. The van der Waals surface area contributed by atoms with Gasteiger partial charge in [-0.3, -0.25) is 9.80 Å². The molecule has 0 aliphatic carbocycles. The molecule has 4 heteroatoms. The number of carbonyl (C=O) groups excluding carboxylic acids is 1. The van der Waals surface area contributed by atoms with E-state index in [0.717, 1.165) is 24.5 Å². The van der Waals surface area contributed by atoms with Crippen LogP contribution in [0.4, 0.5) is 11.4 Å². The molecule has 0 aliphatic heterocycles. The molecule has 0 bridgehead atoms. The summed E-state index contributed by atoms with van der Waals surface area (Å²) in [5.41, 5.74) is 1.84. The van der Waals surface area contributed by atoms with Crippen LogP contribution in [0, 0.1) is 0 Å². The Labute approximate surface area is 132 Å². The van der Waals surface area contributed by atoms with E-state index in [1.807, 2.05) is 65.7 Å². The Kier molecular flexibility index (Phi) is 5.98. The minimum Gasteiger partial charge on any atom is -0.324 e. The highest BCUT2D eigenvalue weighted by molar-refractivity contribution is 5.93. The predicted octanol–water partition coefficient (Wildman–Crippen LogP) is 3.39. The van der Waals surface area contributed by atoms with Gasteiger partial charge in [0.05, 0.1) is 5.69 Å². The van der Waals surface area contributed by atoms with Crippen LogP contribution in [0.1, 0.15) is 13.8 Å². The number of hydrogen-bond donors (Lipinski definition) is 1. The smallest absolute Gasteiger partial charge is 0.245 e. The fourth-order valence-electron chi connectivity index (χ4n) is 2.38. The molecule has 116 valence electrons. The molecule has 0 aromatic heterocycles. The number of nitrogens with zero attached hydrogens (tertiary/aromatic N) is 2. The molecule has 4 nitrogen and oxygen atoms in total. The zero-order chi connectivity index (χ0) is 15.8. The van der Waals surface area contributed by atoms with Crippen molar-refractivity contribution in [3.8, 4) is 0 Å². The highest BCUT2D eigenvalue weighted by Crippen LogP contribution is 2.16. The number of rotatable bonds is 7. The van der Waals surface area contributed by atoms with Crippen LogP contribution in [0.25, 0.3) is 0 Å². The van der Waals surface area contributed by atoms with Crippen LogP contribution in [0.5, 0.6) is 0 Å². The van der Waals surface area contributed by atoms with Crippen molar-refractivity contribution in [3.05, 3.63) is 60.7 Å². The molecule has 0 radical (unpaired) electrons. The molecule has 0 atom stereocenters. The number of hydrogen-bond acceptors (Lipinski definition) is 3. The Morgan fingerprint density at radius 1 is 0.909 bits per heavy atom. The third-order valence-corrected chi connectivity index (χ3v) is 3.48. The van der Waals surface area contributed by atoms with Gasteiger partial charge in [-0.2, -0.15) is 0 Å². The lowest BCUT2D eigenvalue weighted by molar-refractivity contribution is -0.115. The van der Waals surface area contributed by atoms with E-state index < -0.39 is 0 Å². The fraction of sp³-hybridized carbons (Fsp3) is 0.278. The zero-order valence-electron chi connectivity index (χ0n) is 13.2. The normalized spacial score (nSPS) is 10.5. The summed E-state index contributed by atoms with van der Waals surface area (Å²) >= 11 is 0. The minimum absolute atomic E-state index is 0.0260. The van der Waals surface area contributed by atoms with E-state index in [4.69, 9.17) is 0 Å². The largest absolute Gasteiger partial charge is 0.324 e. The van der Waals surface area contributed by atoms with Gasteiger partial charge in [0.1, 0.15) is 6.54 Å². The Bertz CT molecular complexity index is 567. The molecule has 0 saturated carbocycles. The van der Waals surface area contributed by atoms with E-state index >= 15 is 0 Å². The molecule has 0 fully saturated rings. The number of carbonyl (C=O) groups is 1. The lowest BCUT2D eigenvalue weighted by atomic mass is 10.3. The van der Waals surface area contributed by atoms with Crippen LogP contribution in [-0.2, 0) is 4.79 Å². The summed E-state index contributed by atoms with van der Waals surface area (Å²) < 4.78 is 0. The second-order valence-corrected chi connectivity index (χ2v) is 4.95. The van der Waals surface area contributed by atoms with E-state index in [2.05, 4.69) is 24.2 Å². The van der Waals surface area contributed by atoms with Gasteiger partial charge >= 0.3 is 0 Å². The molecule has 0 aliphatic rings. The number of anilines is 2. The summed E-state index contributed by atoms with van der Waals surface area (Å²) in [6, 6.07) is 19.5. The summed E-state index contributed by atoms with van der Waals surface area (Å²) in [5, 5.41) is 7.12. The second-order valence-electron chi connectivity index (χ2n) is 4.95. The Morgan fingerprint density at radius 3 is 2.00 bits per heavy atom. The van der Waals surface area contributed by atoms with Crippen molar-refractivity contribution in [2.45, 2.75) is 13.8 Å². The lowest BCUT2D eigenvalue weighted by Gasteiger charge is -2.34. The Balaban J connectivity index is 2.11. The van der Waals surface area contributed by atoms with Crippen molar-refractivity contribution in [1.82, 2.24) is 5.01 Å². The molecule has 0 saturated heterocycles. The molecule has 0 unspecified atom stereocenters. The maximum absolute atomic E-state index is 12.4. The molecule has 1 N–H and O–H groups in total. The van der Waals surface area contributed by atoms with Crippen molar-refractivity contribution in [2.75, 3.05) is 30.0 Å². The molecule has 22 heavy (non-hydrogen) atoms. The van der Waals surface area contributed by atoms with Gasteiger partial charge in [0.2, 0.25) is 5.91 Å². The van der Waals surface area contributed by atoms with Crippen LogP contribution < -0.4 is 10.3 Å². The first-order valence-electron chi connectivity index (χ1n) is 7.67.